The average Bonchev–Trinajstić information content (AvgIpc) is 3.30. The number of hydrogen-bond acceptors (Lipinski definition) is 5. The molecule has 2 aromatic carbocycles. The van der Waals surface area contributed by atoms with Gasteiger partial charge in [-0.2, -0.15) is 0 Å². The van der Waals surface area contributed by atoms with Crippen LogP contribution in [0.4, 0.5) is 9.18 Å². The van der Waals surface area contributed by atoms with E-state index in [0.29, 0.717) is 36.8 Å². The van der Waals surface area contributed by atoms with Gasteiger partial charge >= 0.3 is 6.03 Å². The lowest BCUT2D eigenvalue weighted by Crippen LogP contribution is -2.49. The number of aliphatic hydroxyl groups is 1. The van der Waals surface area contributed by atoms with Crippen LogP contribution >= 0.6 is 0 Å². The first kappa shape index (κ1) is 21.4. The fraction of sp³-hybridized carbons (Fsp3) is 0.435. The summed E-state index contributed by atoms with van der Waals surface area (Å²) in [4.78, 5) is 14.8. The highest BCUT2D eigenvalue weighted by Gasteiger charge is 2.27. The van der Waals surface area contributed by atoms with Gasteiger partial charge in [-0.25, -0.2) is 9.18 Å². The Balaban J connectivity index is 1.42. The number of hydrogen-bond donors (Lipinski definition) is 3. The van der Waals surface area contributed by atoms with Crippen LogP contribution < -0.4 is 20.1 Å². The Morgan fingerprint density at radius 3 is 2.52 bits per heavy atom. The molecule has 0 aliphatic carbocycles. The molecule has 4 rings (SSSR count). The second-order valence-corrected chi connectivity index (χ2v) is 7.92. The normalized spacial score (nSPS) is 17.7. The van der Waals surface area contributed by atoms with E-state index in [-0.39, 0.29) is 18.4 Å². The molecule has 1 saturated heterocycles. The highest BCUT2D eigenvalue weighted by molar-refractivity contribution is 5.74. The maximum absolute atomic E-state index is 13.1. The van der Waals surface area contributed by atoms with Crippen molar-refractivity contribution in [2.45, 2.75) is 31.5 Å². The number of nitrogens with zero attached hydrogens (tertiary/aromatic N) is 1. The predicted molar refractivity (Wildman–Crippen MR) is 114 cm³/mol. The van der Waals surface area contributed by atoms with E-state index in [9.17, 15) is 14.3 Å². The number of likely N-dealkylation sites (tertiary alicyclic amines) is 1. The molecule has 2 aromatic rings. The second-order valence-electron chi connectivity index (χ2n) is 7.92. The monoisotopic (exact) mass is 429 g/mol. The lowest BCUT2D eigenvalue weighted by atomic mass is 10.0. The topological polar surface area (TPSA) is 83.1 Å². The molecule has 0 radical (unpaired) electrons. The molecular weight excluding hydrogens is 401 g/mol. The summed E-state index contributed by atoms with van der Waals surface area (Å²) in [5.41, 5.74) is 1.45. The van der Waals surface area contributed by atoms with Crippen molar-refractivity contribution in [1.29, 1.82) is 0 Å². The smallest absolute Gasteiger partial charge is 0.315 e. The minimum atomic E-state index is -0.909. The van der Waals surface area contributed by atoms with Gasteiger partial charge in [0.25, 0.3) is 0 Å². The SMILES string of the molecule is O=C(NCc1ccc(F)cc1)N[C@H](CN1CCCC1)[C@H](O)c1ccc2c(c1)OCCO2. The Bertz CT molecular complexity index is 887. The number of carbonyl (C=O) groups is 1. The fourth-order valence-corrected chi connectivity index (χ4v) is 3.95. The fourth-order valence-electron chi connectivity index (χ4n) is 3.95. The molecule has 2 amide bonds. The maximum Gasteiger partial charge on any atom is 0.315 e. The third-order valence-corrected chi connectivity index (χ3v) is 5.63. The number of aliphatic hydroxyl groups excluding tert-OH is 1. The maximum atomic E-state index is 13.1. The average molecular weight is 429 g/mol. The Morgan fingerprint density at radius 1 is 1.06 bits per heavy atom. The number of carbonyl (C=O) groups excluding carboxylic acids is 1. The summed E-state index contributed by atoms with van der Waals surface area (Å²) in [5.74, 6) is 0.938. The summed E-state index contributed by atoms with van der Waals surface area (Å²) >= 11 is 0. The molecule has 1 fully saturated rings. The van der Waals surface area contributed by atoms with Gasteiger partial charge in [-0.15, -0.1) is 0 Å². The van der Waals surface area contributed by atoms with Crippen LogP contribution in [0.1, 0.15) is 30.1 Å². The molecule has 31 heavy (non-hydrogen) atoms. The van der Waals surface area contributed by atoms with Gasteiger partial charge in [-0.3, -0.25) is 0 Å². The van der Waals surface area contributed by atoms with Crippen molar-refractivity contribution in [3.8, 4) is 11.5 Å². The summed E-state index contributed by atoms with van der Waals surface area (Å²) in [5, 5.41) is 16.8. The van der Waals surface area contributed by atoms with Gasteiger partial charge in [0.05, 0.1) is 6.04 Å². The summed E-state index contributed by atoms with van der Waals surface area (Å²) < 4.78 is 24.2. The standard InChI is InChI=1S/C23H28FN3O4/c24-18-6-3-16(4-7-18)14-25-23(29)26-19(15-27-9-1-2-10-27)22(28)17-5-8-20-21(13-17)31-12-11-30-20/h3-8,13,19,22,28H,1-2,9-12,14-15H2,(H2,25,26,29)/t19-,22-/m1/s1. The van der Waals surface area contributed by atoms with E-state index in [1.807, 2.05) is 0 Å². The number of fused-ring (bicyclic) bond motifs is 1. The third-order valence-electron chi connectivity index (χ3n) is 5.63. The molecule has 0 unspecified atom stereocenters. The van der Waals surface area contributed by atoms with Crippen molar-refractivity contribution in [2.24, 2.45) is 0 Å². The highest BCUT2D eigenvalue weighted by Crippen LogP contribution is 2.33. The van der Waals surface area contributed by atoms with E-state index >= 15 is 0 Å². The van der Waals surface area contributed by atoms with E-state index in [4.69, 9.17) is 9.47 Å². The van der Waals surface area contributed by atoms with Crippen LogP contribution in [0.3, 0.4) is 0 Å². The van der Waals surface area contributed by atoms with Crippen molar-refractivity contribution in [2.75, 3.05) is 32.8 Å². The molecule has 0 bridgehead atoms. The first-order valence-electron chi connectivity index (χ1n) is 10.7. The summed E-state index contributed by atoms with van der Waals surface area (Å²) in [6.45, 7) is 3.67. The largest absolute Gasteiger partial charge is 0.486 e. The van der Waals surface area contributed by atoms with E-state index in [1.54, 1.807) is 30.3 Å². The van der Waals surface area contributed by atoms with E-state index in [0.717, 1.165) is 31.5 Å². The lowest BCUT2D eigenvalue weighted by molar-refractivity contribution is 0.108. The lowest BCUT2D eigenvalue weighted by Gasteiger charge is -2.29. The first-order chi connectivity index (χ1) is 15.1. The van der Waals surface area contributed by atoms with Gasteiger partial charge < -0.3 is 30.1 Å². The van der Waals surface area contributed by atoms with E-state index in [1.165, 1.54) is 12.1 Å². The minimum absolute atomic E-state index is 0.267. The molecule has 3 N–H and O–H groups in total. The molecule has 0 aromatic heterocycles. The quantitative estimate of drug-likeness (QED) is 0.630. The molecular formula is C23H28FN3O4. The first-order valence-corrected chi connectivity index (χ1v) is 10.7. The summed E-state index contributed by atoms with van der Waals surface area (Å²) in [7, 11) is 0. The van der Waals surface area contributed by atoms with Crippen molar-refractivity contribution >= 4 is 6.03 Å². The van der Waals surface area contributed by atoms with Gasteiger partial charge in [0.1, 0.15) is 25.1 Å². The van der Waals surface area contributed by atoms with Crippen LogP contribution in [0.5, 0.6) is 11.5 Å². The summed E-state index contributed by atoms with van der Waals surface area (Å²) in [6.07, 6.45) is 1.32. The molecule has 2 atom stereocenters. The highest BCUT2D eigenvalue weighted by atomic mass is 19.1. The minimum Gasteiger partial charge on any atom is -0.486 e. The number of halogens is 1. The zero-order chi connectivity index (χ0) is 21.6. The third kappa shape index (κ3) is 5.65. The number of ether oxygens (including phenoxy) is 2. The zero-order valence-corrected chi connectivity index (χ0v) is 17.4. The van der Waals surface area contributed by atoms with E-state index in [2.05, 4.69) is 15.5 Å². The Morgan fingerprint density at radius 2 is 1.77 bits per heavy atom. The molecule has 0 saturated carbocycles. The second kappa shape index (κ2) is 9.98. The van der Waals surface area contributed by atoms with Crippen LogP contribution in [-0.2, 0) is 6.54 Å². The molecule has 166 valence electrons. The Kier molecular flexibility index (Phi) is 6.89. The van der Waals surface area contributed by atoms with Gasteiger partial charge in [0.15, 0.2) is 11.5 Å². The van der Waals surface area contributed by atoms with Gasteiger partial charge in [0, 0.05) is 13.1 Å². The molecule has 0 spiro atoms. The zero-order valence-electron chi connectivity index (χ0n) is 17.4. The Labute approximate surface area is 181 Å². The van der Waals surface area contributed by atoms with Gasteiger partial charge in [-0.1, -0.05) is 18.2 Å². The molecule has 8 heteroatoms. The van der Waals surface area contributed by atoms with Crippen LogP contribution in [0.2, 0.25) is 0 Å². The molecule has 2 heterocycles. The Hall–Kier alpha value is -2.84. The molecule has 2 aliphatic heterocycles. The van der Waals surface area contributed by atoms with Gasteiger partial charge in [0.2, 0.25) is 0 Å². The van der Waals surface area contributed by atoms with Crippen LogP contribution in [0, 0.1) is 5.82 Å². The van der Waals surface area contributed by atoms with Gasteiger partial charge in [-0.05, 0) is 61.3 Å². The molecule has 7 nitrogen and oxygen atoms in total. The number of rotatable bonds is 7. The van der Waals surface area contributed by atoms with Crippen molar-refractivity contribution in [3.05, 3.63) is 59.4 Å². The van der Waals surface area contributed by atoms with Crippen molar-refractivity contribution < 1.29 is 23.8 Å². The number of nitrogens with one attached hydrogen (secondary N) is 2. The number of urea groups is 1. The van der Waals surface area contributed by atoms with Crippen LogP contribution in [0.15, 0.2) is 42.5 Å². The van der Waals surface area contributed by atoms with Crippen LogP contribution in [-0.4, -0.2) is 54.9 Å². The van der Waals surface area contributed by atoms with Crippen molar-refractivity contribution in [1.82, 2.24) is 15.5 Å². The number of benzene rings is 2. The molecule has 2 aliphatic rings. The van der Waals surface area contributed by atoms with Crippen LogP contribution in [0.25, 0.3) is 0 Å². The van der Waals surface area contributed by atoms with Crippen molar-refractivity contribution in [3.63, 3.8) is 0 Å². The number of amides is 2. The summed E-state index contributed by atoms with van der Waals surface area (Å²) in [6, 6.07) is 10.4. The van der Waals surface area contributed by atoms with E-state index < -0.39 is 12.1 Å². The predicted octanol–water partition coefficient (Wildman–Crippen LogP) is 2.59.